The summed E-state index contributed by atoms with van der Waals surface area (Å²) in [6, 6.07) is 0. The fraction of sp³-hybridized carbons (Fsp3) is 0.833. The molecule has 0 amide bonds. The molecule has 0 atom stereocenters. The van der Waals surface area contributed by atoms with Crippen LogP contribution in [0.4, 0.5) is 26.3 Å². The summed E-state index contributed by atoms with van der Waals surface area (Å²) in [7, 11) is 0. The minimum atomic E-state index is -5.39. The van der Waals surface area contributed by atoms with E-state index in [1.807, 2.05) is 0 Å². The van der Waals surface area contributed by atoms with Crippen molar-refractivity contribution in [3.8, 4) is 0 Å². The molecular formula is C6H5F6NO. The Kier molecular flexibility index (Phi) is 2.20. The van der Waals surface area contributed by atoms with Gasteiger partial charge < -0.3 is 4.84 Å². The summed E-state index contributed by atoms with van der Waals surface area (Å²) in [5, 5.41) is 2.29. The van der Waals surface area contributed by atoms with Gasteiger partial charge in [-0.3, -0.25) is 0 Å². The first kappa shape index (κ1) is 11.1. The van der Waals surface area contributed by atoms with Crippen molar-refractivity contribution in [1.29, 1.82) is 0 Å². The molecule has 0 aromatic heterocycles. The highest BCUT2D eigenvalue weighted by atomic mass is 19.4. The monoisotopic (exact) mass is 221 g/mol. The maximum absolute atomic E-state index is 12.4. The summed E-state index contributed by atoms with van der Waals surface area (Å²) in [6.07, 6.45) is 0. The second kappa shape index (κ2) is 2.77. The molecule has 1 fully saturated rings. The Labute approximate surface area is 74.5 Å². The molecule has 0 aromatic carbocycles. The molecule has 0 aliphatic heterocycles. The van der Waals surface area contributed by atoms with Crippen LogP contribution in [0.2, 0.25) is 0 Å². The summed E-state index contributed by atoms with van der Waals surface area (Å²) in [6.45, 7) is 1.03. The highest BCUT2D eigenvalue weighted by Gasteiger charge is 2.90. The van der Waals surface area contributed by atoms with Crippen LogP contribution in [0.5, 0.6) is 0 Å². The van der Waals surface area contributed by atoms with Crippen LogP contribution in [0.15, 0.2) is 5.16 Å². The zero-order valence-electron chi connectivity index (χ0n) is 6.83. The first-order valence-corrected chi connectivity index (χ1v) is 3.54. The van der Waals surface area contributed by atoms with Gasteiger partial charge in [-0.1, -0.05) is 5.16 Å². The average Bonchev–Trinajstić information content (AvgIpc) is 2.03. The highest BCUT2D eigenvalue weighted by molar-refractivity contribution is 6.05. The van der Waals surface area contributed by atoms with Crippen LogP contribution in [-0.2, 0) is 4.84 Å². The van der Waals surface area contributed by atoms with Gasteiger partial charge in [0.1, 0.15) is 6.61 Å². The van der Waals surface area contributed by atoms with E-state index in [-0.39, 0.29) is 6.61 Å². The van der Waals surface area contributed by atoms with Gasteiger partial charge in [-0.25, -0.2) is 0 Å². The molecule has 0 bridgehead atoms. The van der Waals surface area contributed by atoms with Gasteiger partial charge in [-0.15, -0.1) is 0 Å². The van der Waals surface area contributed by atoms with E-state index in [9.17, 15) is 26.3 Å². The third-order valence-corrected chi connectivity index (χ3v) is 1.67. The summed E-state index contributed by atoms with van der Waals surface area (Å²) in [4.78, 5) is 3.90. The number of alkyl halides is 6. The number of nitrogens with zero attached hydrogens (tertiary/aromatic N) is 1. The van der Waals surface area contributed by atoms with Gasteiger partial charge in [0.2, 0.25) is 5.71 Å². The molecule has 0 heterocycles. The van der Waals surface area contributed by atoms with Crippen molar-refractivity contribution in [3.63, 3.8) is 0 Å². The number of rotatable bonds is 2. The predicted molar refractivity (Wildman–Crippen MR) is 33.9 cm³/mol. The Morgan fingerprint density at radius 1 is 1.07 bits per heavy atom. The van der Waals surface area contributed by atoms with E-state index in [4.69, 9.17) is 0 Å². The number of hydrogen-bond acceptors (Lipinski definition) is 2. The topological polar surface area (TPSA) is 21.6 Å². The van der Waals surface area contributed by atoms with E-state index in [1.165, 1.54) is 6.92 Å². The molecule has 0 spiro atoms. The van der Waals surface area contributed by atoms with E-state index in [1.54, 1.807) is 0 Å². The summed E-state index contributed by atoms with van der Waals surface area (Å²) >= 11 is 0. The van der Waals surface area contributed by atoms with E-state index < -0.39 is 23.5 Å². The second-order valence-corrected chi connectivity index (χ2v) is 2.58. The van der Waals surface area contributed by atoms with Gasteiger partial charge in [0, 0.05) is 0 Å². The standard InChI is InChI=1S/C6H5F6NO/c1-2-14-13-3-4(7,8)6(11,12)5(3,9)10/h2H2,1H3. The molecule has 1 aliphatic rings. The highest BCUT2D eigenvalue weighted by Crippen LogP contribution is 2.58. The quantitative estimate of drug-likeness (QED) is 0.517. The Balaban J connectivity index is 3.00. The van der Waals surface area contributed by atoms with E-state index in [0.717, 1.165) is 0 Å². The van der Waals surface area contributed by atoms with Crippen molar-refractivity contribution in [2.24, 2.45) is 5.16 Å². The van der Waals surface area contributed by atoms with Crippen molar-refractivity contribution < 1.29 is 31.2 Å². The van der Waals surface area contributed by atoms with Crippen molar-refractivity contribution in [1.82, 2.24) is 0 Å². The van der Waals surface area contributed by atoms with Gasteiger partial charge >= 0.3 is 17.8 Å². The lowest BCUT2D eigenvalue weighted by molar-refractivity contribution is -0.307. The number of halogens is 6. The lowest BCUT2D eigenvalue weighted by Crippen LogP contribution is -2.75. The summed E-state index contributed by atoms with van der Waals surface area (Å²) in [5.74, 6) is -15.3. The van der Waals surface area contributed by atoms with Gasteiger partial charge in [-0.05, 0) is 6.92 Å². The van der Waals surface area contributed by atoms with Crippen LogP contribution in [0, 0.1) is 0 Å². The molecule has 1 aliphatic carbocycles. The summed E-state index contributed by atoms with van der Waals surface area (Å²) in [5.41, 5.74) is -2.23. The fourth-order valence-electron chi connectivity index (χ4n) is 0.873. The minimum absolute atomic E-state index is 0.263. The Hall–Kier alpha value is -0.950. The van der Waals surface area contributed by atoms with E-state index in [0.29, 0.717) is 0 Å². The SMILES string of the molecule is CCON=C1C(F)(F)C(F)(F)C1(F)F. The first-order valence-electron chi connectivity index (χ1n) is 3.54. The zero-order valence-corrected chi connectivity index (χ0v) is 6.83. The maximum atomic E-state index is 12.4. The van der Waals surface area contributed by atoms with Crippen LogP contribution >= 0.6 is 0 Å². The van der Waals surface area contributed by atoms with Gasteiger partial charge in [0.15, 0.2) is 0 Å². The average molecular weight is 221 g/mol. The van der Waals surface area contributed by atoms with E-state index >= 15 is 0 Å². The fourth-order valence-corrected chi connectivity index (χ4v) is 0.873. The first-order chi connectivity index (χ1) is 6.19. The molecule has 1 saturated carbocycles. The van der Waals surface area contributed by atoms with Crippen LogP contribution in [0.25, 0.3) is 0 Å². The number of oxime groups is 1. The summed E-state index contributed by atoms with van der Waals surface area (Å²) < 4.78 is 73.7. The Morgan fingerprint density at radius 3 is 1.86 bits per heavy atom. The smallest absolute Gasteiger partial charge is 0.383 e. The molecule has 0 N–H and O–H groups in total. The zero-order chi connectivity index (χ0) is 11.2. The van der Waals surface area contributed by atoms with Crippen LogP contribution in [0.3, 0.4) is 0 Å². The molecule has 0 radical (unpaired) electrons. The van der Waals surface area contributed by atoms with Gasteiger partial charge in [-0.2, -0.15) is 26.3 Å². The predicted octanol–water partition coefficient (Wildman–Crippen LogP) is 2.30. The van der Waals surface area contributed by atoms with Crippen LogP contribution < -0.4 is 0 Å². The van der Waals surface area contributed by atoms with Gasteiger partial charge in [0.05, 0.1) is 0 Å². The third kappa shape index (κ3) is 1.02. The molecule has 0 aromatic rings. The van der Waals surface area contributed by atoms with Crippen molar-refractivity contribution in [2.75, 3.05) is 6.61 Å². The molecule has 1 rings (SSSR count). The molecule has 2 nitrogen and oxygen atoms in total. The lowest BCUT2D eigenvalue weighted by Gasteiger charge is -2.43. The minimum Gasteiger partial charge on any atom is -0.396 e. The Morgan fingerprint density at radius 2 is 1.50 bits per heavy atom. The maximum Gasteiger partial charge on any atom is 0.383 e. The van der Waals surface area contributed by atoms with E-state index in [2.05, 4.69) is 9.99 Å². The largest absolute Gasteiger partial charge is 0.396 e. The molecular weight excluding hydrogens is 216 g/mol. The molecule has 0 saturated heterocycles. The van der Waals surface area contributed by atoms with Crippen LogP contribution in [0.1, 0.15) is 6.92 Å². The number of hydrogen-bond donors (Lipinski definition) is 0. The van der Waals surface area contributed by atoms with Gasteiger partial charge in [0.25, 0.3) is 0 Å². The Bertz CT molecular complexity index is 253. The van der Waals surface area contributed by atoms with Crippen LogP contribution in [-0.4, -0.2) is 30.1 Å². The van der Waals surface area contributed by atoms with Crippen molar-refractivity contribution in [3.05, 3.63) is 0 Å². The van der Waals surface area contributed by atoms with Crippen molar-refractivity contribution >= 4 is 5.71 Å². The second-order valence-electron chi connectivity index (χ2n) is 2.58. The molecule has 8 heteroatoms. The molecule has 82 valence electrons. The molecule has 0 unspecified atom stereocenters. The third-order valence-electron chi connectivity index (χ3n) is 1.67. The lowest BCUT2D eigenvalue weighted by atomic mass is 9.82. The normalized spacial score (nSPS) is 26.6. The molecule has 14 heavy (non-hydrogen) atoms. The van der Waals surface area contributed by atoms with Crippen molar-refractivity contribution in [2.45, 2.75) is 24.7 Å².